The minimum Gasteiger partial charge on any atom is -0.481 e. The zero-order chi connectivity index (χ0) is 12.5. The molecule has 17 heavy (non-hydrogen) atoms. The lowest BCUT2D eigenvalue weighted by Crippen LogP contribution is -2.29. The van der Waals surface area contributed by atoms with Gasteiger partial charge in [-0.3, -0.25) is 4.79 Å². The van der Waals surface area contributed by atoms with E-state index in [1.54, 1.807) is 6.20 Å². The Balaban J connectivity index is 2.05. The summed E-state index contributed by atoms with van der Waals surface area (Å²) in [6, 6.07) is 0. The molecule has 4 nitrogen and oxygen atoms in total. The molecule has 1 fully saturated rings. The highest BCUT2D eigenvalue weighted by molar-refractivity contribution is 5.75. The second-order valence-electron chi connectivity index (χ2n) is 5.39. The first-order valence-electron chi connectivity index (χ1n) is 6.23. The lowest BCUT2D eigenvalue weighted by Gasteiger charge is -2.23. The smallest absolute Gasteiger partial charge is 0.309 e. The molecule has 0 spiro atoms. The van der Waals surface area contributed by atoms with E-state index in [1.807, 2.05) is 17.8 Å². The van der Waals surface area contributed by atoms with Crippen LogP contribution in [0.4, 0.5) is 0 Å². The molecule has 0 bridgehead atoms. The highest BCUT2D eigenvalue weighted by Gasteiger charge is 2.43. The zero-order valence-corrected chi connectivity index (χ0v) is 10.5. The summed E-state index contributed by atoms with van der Waals surface area (Å²) in [6.45, 7) is 2.14. The van der Waals surface area contributed by atoms with E-state index < -0.39 is 11.4 Å². The first-order valence-corrected chi connectivity index (χ1v) is 6.23. The third-order valence-corrected chi connectivity index (χ3v) is 4.06. The van der Waals surface area contributed by atoms with Crippen molar-refractivity contribution in [3.8, 4) is 0 Å². The van der Waals surface area contributed by atoms with Gasteiger partial charge in [-0.2, -0.15) is 0 Å². The Morgan fingerprint density at radius 1 is 1.71 bits per heavy atom. The van der Waals surface area contributed by atoms with Gasteiger partial charge < -0.3 is 9.67 Å². The van der Waals surface area contributed by atoms with E-state index in [4.69, 9.17) is 0 Å². The molecule has 0 saturated heterocycles. The molecule has 1 N–H and O–H groups in total. The van der Waals surface area contributed by atoms with Crippen LogP contribution in [0.1, 0.15) is 38.4 Å². The second kappa shape index (κ2) is 4.51. The average Bonchev–Trinajstić information content (AvgIpc) is 2.83. The van der Waals surface area contributed by atoms with Crippen LogP contribution in [0.5, 0.6) is 0 Å². The molecule has 1 saturated carbocycles. The van der Waals surface area contributed by atoms with Crippen LogP contribution in [0, 0.1) is 11.3 Å². The topological polar surface area (TPSA) is 55.1 Å². The van der Waals surface area contributed by atoms with E-state index >= 15 is 0 Å². The van der Waals surface area contributed by atoms with Crippen molar-refractivity contribution in [2.24, 2.45) is 18.4 Å². The van der Waals surface area contributed by atoms with Gasteiger partial charge in [0.15, 0.2) is 0 Å². The Morgan fingerprint density at radius 3 is 2.94 bits per heavy atom. The molecule has 1 aliphatic carbocycles. The van der Waals surface area contributed by atoms with Crippen molar-refractivity contribution < 1.29 is 9.90 Å². The Morgan fingerprint density at radius 2 is 2.47 bits per heavy atom. The molecule has 0 aliphatic heterocycles. The summed E-state index contributed by atoms with van der Waals surface area (Å²) in [4.78, 5) is 15.7. The van der Waals surface area contributed by atoms with Crippen molar-refractivity contribution in [1.82, 2.24) is 9.55 Å². The van der Waals surface area contributed by atoms with Gasteiger partial charge in [-0.25, -0.2) is 4.98 Å². The predicted octanol–water partition coefficient (Wildman–Crippen LogP) is 2.24. The van der Waals surface area contributed by atoms with Crippen LogP contribution in [0.3, 0.4) is 0 Å². The Hall–Kier alpha value is -1.32. The number of hydrogen-bond acceptors (Lipinski definition) is 2. The van der Waals surface area contributed by atoms with Gasteiger partial charge >= 0.3 is 5.97 Å². The van der Waals surface area contributed by atoms with E-state index in [1.165, 1.54) is 0 Å². The summed E-state index contributed by atoms with van der Waals surface area (Å²) < 4.78 is 1.97. The number of imidazole rings is 1. The number of carbonyl (C=O) groups is 1. The van der Waals surface area contributed by atoms with Crippen molar-refractivity contribution in [3.05, 3.63) is 18.2 Å². The van der Waals surface area contributed by atoms with Gasteiger partial charge in [-0.15, -0.1) is 0 Å². The summed E-state index contributed by atoms with van der Waals surface area (Å²) in [5.74, 6) is 0.883. The summed E-state index contributed by atoms with van der Waals surface area (Å²) in [5.41, 5.74) is -0.509. The summed E-state index contributed by atoms with van der Waals surface area (Å²) >= 11 is 0. The van der Waals surface area contributed by atoms with Gasteiger partial charge in [-0.1, -0.05) is 6.92 Å². The van der Waals surface area contributed by atoms with Crippen LogP contribution in [0.15, 0.2) is 12.4 Å². The maximum Gasteiger partial charge on any atom is 0.309 e. The van der Waals surface area contributed by atoms with Gasteiger partial charge in [0.05, 0.1) is 5.41 Å². The lowest BCUT2D eigenvalue weighted by atomic mass is 9.81. The van der Waals surface area contributed by atoms with Gasteiger partial charge in [0, 0.05) is 25.9 Å². The minimum atomic E-state index is -0.629. The molecular weight excluding hydrogens is 216 g/mol. The van der Waals surface area contributed by atoms with Crippen molar-refractivity contribution in [1.29, 1.82) is 0 Å². The SMILES string of the molecule is CC1CCC(CCc2nccn2C)(C(=O)O)C1. The predicted molar refractivity (Wildman–Crippen MR) is 64.6 cm³/mol. The highest BCUT2D eigenvalue weighted by Crippen LogP contribution is 2.45. The second-order valence-corrected chi connectivity index (χ2v) is 5.39. The average molecular weight is 236 g/mol. The van der Waals surface area contributed by atoms with Crippen molar-refractivity contribution in [2.75, 3.05) is 0 Å². The fraction of sp³-hybridized carbons (Fsp3) is 0.692. The maximum atomic E-state index is 11.5. The summed E-state index contributed by atoms with van der Waals surface area (Å²) in [6.07, 6.45) is 7.79. The molecule has 1 aromatic rings. The van der Waals surface area contributed by atoms with Crippen molar-refractivity contribution in [2.45, 2.75) is 39.0 Å². The number of hydrogen-bond donors (Lipinski definition) is 1. The number of rotatable bonds is 4. The number of aromatic nitrogens is 2. The van der Waals surface area contributed by atoms with Crippen LogP contribution < -0.4 is 0 Å². The monoisotopic (exact) mass is 236 g/mol. The Bertz CT molecular complexity index is 413. The van der Waals surface area contributed by atoms with Gasteiger partial charge in [0.1, 0.15) is 5.82 Å². The van der Waals surface area contributed by atoms with Gasteiger partial charge in [0.25, 0.3) is 0 Å². The largest absolute Gasteiger partial charge is 0.481 e. The molecule has 1 heterocycles. The first-order chi connectivity index (χ1) is 8.03. The number of aliphatic carboxylic acids is 1. The molecule has 1 aliphatic rings. The standard InChI is InChI=1S/C13H20N2O2/c1-10-3-5-13(9-10,12(16)17)6-4-11-14-7-8-15(11)2/h7-8,10H,3-6,9H2,1-2H3,(H,16,17). The fourth-order valence-electron chi connectivity index (χ4n) is 2.91. The van der Waals surface area contributed by atoms with E-state index in [9.17, 15) is 9.90 Å². The zero-order valence-electron chi connectivity index (χ0n) is 10.5. The van der Waals surface area contributed by atoms with Crippen LogP contribution in [-0.4, -0.2) is 20.6 Å². The molecule has 0 amide bonds. The minimum absolute atomic E-state index is 0.509. The third kappa shape index (κ3) is 2.35. The fourth-order valence-corrected chi connectivity index (χ4v) is 2.91. The molecule has 0 radical (unpaired) electrons. The molecule has 2 atom stereocenters. The van der Waals surface area contributed by atoms with Crippen molar-refractivity contribution in [3.63, 3.8) is 0 Å². The summed E-state index contributed by atoms with van der Waals surface area (Å²) in [7, 11) is 1.95. The van der Waals surface area contributed by atoms with Gasteiger partial charge in [0.2, 0.25) is 0 Å². The number of aryl methyl sites for hydroxylation is 2. The first kappa shape index (κ1) is 12.1. The maximum absolute atomic E-state index is 11.5. The highest BCUT2D eigenvalue weighted by atomic mass is 16.4. The van der Waals surface area contributed by atoms with Crippen LogP contribution in [0.25, 0.3) is 0 Å². The van der Waals surface area contributed by atoms with E-state index in [2.05, 4.69) is 11.9 Å². The summed E-state index contributed by atoms with van der Waals surface area (Å²) in [5, 5.41) is 9.45. The molecular formula is C13H20N2O2. The lowest BCUT2D eigenvalue weighted by molar-refractivity contribution is -0.149. The van der Waals surface area contributed by atoms with E-state index in [-0.39, 0.29) is 0 Å². The van der Waals surface area contributed by atoms with E-state index in [0.717, 1.165) is 31.5 Å². The van der Waals surface area contributed by atoms with Gasteiger partial charge in [-0.05, 0) is 31.6 Å². The third-order valence-electron chi connectivity index (χ3n) is 4.06. The molecule has 2 unspecified atom stereocenters. The number of carboxylic acids is 1. The molecule has 0 aromatic carbocycles. The molecule has 4 heteroatoms. The normalized spacial score (nSPS) is 28.5. The molecule has 1 aromatic heterocycles. The molecule has 94 valence electrons. The number of carboxylic acid groups (broad SMARTS) is 1. The quantitative estimate of drug-likeness (QED) is 0.872. The number of nitrogens with zero attached hydrogens (tertiary/aromatic N) is 2. The van der Waals surface area contributed by atoms with Crippen LogP contribution in [0.2, 0.25) is 0 Å². The molecule has 2 rings (SSSR count). The van der Waals surface area contributed by atoms with Crippen LogP contribution >= 0.6 is 0 Å². The Labute approximate surface area is 102 Å². The van der Waals surface area contributed by atoms with Crippen molar-refractivity contribution >= 4 is 5.97 Å². The van der Waals surface area contributed by atoms with Crippen LogP contribution in [-0.2, 0) is 18.3 Å². The Kier molecular flexibility index (Phi) is 3.22. The van der Waals surface area contributed by atoms with E-state index in [0.29, 0.717) is 12.3 Å².